The summed E-state index contributed by atoms with van der Waals surface area (Å²) in [5.41, 5.74) is -0.435. The maximum atomic E-state index is 12.7. The number of ether oxygens (including phenoxy) is 2. The fraction of sp³-hybridized carbons (Fsp3) is 0.524. The molecule has 0 aliphatic carbocycles. The molecule has 2 heterocycles. The Hall–Kier alpha value is -2.71. The van der Waals surface area contributed by atoms with Crippen molar-refractivity contribution in [3.8, 4) is 0 Å². The van der Waals surface area contributed by atoms with E-state index in [1.54, 1.807) is 11.8 Å². The molecule has 164 valence electrons. The molecule has 30 heavy (non-hydrogen) atoms. The third kappa shape index (κ3) is 5.67. The van der Waals surface area contributed by atoms with Crippen molar-refractivity contribution in [2.75, 3.05) is 31.6 Å². The predicted molar refractivity (Wildman–Crippen MR) is 103 cm³/mol. The van der Waals surface area contributed by atoms with Crippen molar-refractivity contribution >= 4 is 17.5 Å². The minimum Gasteiger partial charge on any atom is -0.491 e. The minimum absolute atomic E-state index is 0.173. The van der Waals surface area contributed by atoms with E-state index in [2.05, 4.69) is 5.32 Å². The number of rotatable bonds is 5. The lowest BCUT2D eigenvalue weighted by atomic mass is 9.93. The van der Waals surface area contributed by atoms with E-state index < -0.39 is 11.7 Å². The second kappa shape index (κ2) is 9.40. The van der Waals surface area contributed by atoms with E-state index in [0.717, 1.165) is 25.0 Å². The van der Waals surface area contributed by atoms with Gasteiger partial charge in [-0.25, -0.2) is 0 Å². The summed E-state index contributed by atoms with van der Waals surface area (Å²) < 4.78 is 48.7. The fourth-order valence-corrected chi connectivity index (χ4v) is 3.65. The van der Waals surface area contributed by atoms with Crippen molar-refractivity contribution in [3.63, 3.8) is 0 Å². The highest BCUT2D eigenvalue weighted by Gasteiger charge is 2.31. The molecule has 1 saturated heterocycles. The number of carbonyl (C=O) groups is 2. The topological polar surface area (TPSA) is 67.9 Å². The number of nitrogens with one attached hydrogen (secondary N) is 1. The number of halogens is 3. The largest absolute Gasteiger partial charge is 0.491 e. The van der Waals surface area contributed by atoms with Crippen molar-refractivity contribution in [1.82, 2.24) is 4.90 Å². The Labute approximate surface area is 173 Å². The number of piperidine rings is 1. The van der Waals surface area contributed by atoms with Crippen LogP contribution in [0.2, 0.25) is 0 Å². The van der Waals surface area contributed by atoms with Crippen LogP contribution in [0.3, 0.4) is 0 Å². The molecule has 9 heteroatoms. The Bertz CT molecular complexity index is 805. The first-order valence-corrected chi connectivity index (χ1v) is 9.97. The summed E-state index contributed by atoms with van der Waals surface area (Å²) in [4.78, 5) is 26.6. The second-order valence-electron chi connectivity index (χ2n) is 7.50. The van der Waals surface area contributed by atoms with Gasteiger partial charge >= 0.3 is 6.18 Å². The summed E-state index contributed by atoms with van der Waals surface area (Å²) in [5, 5.41) is 2.62. The molecule has 1 unspecified atom stereocenters. The first-order valence-electron chi connectivity index (χ1n) is 9.97. The first-order chi connectivity index (χ1) is 14.2. The highest BCUT2D eigenvalue weighted by molar-refractivity contribution is 5.92. The molecule has 3 rings (SSSR count). The average molecular weight is 426 g/mol. The van der Waals surface area contributed by atoms with Crippen molar-refractivity contribution < 1.29 is 32.2 Å². The van der Waals surface area contributed by atoms with E-state index in [-0.39, 0.29) is 29.9 Å². The van der Waals surface area contributed by atoms with Crippen LogP contribution in [0.25, 0.3) is 0 Å². The lowest BCUT2D eigenvalue weighted by molar-refractivity contribution is -0.137. The SMILES string of the molecule is CC1=C(C(=O)N2CCCC(CCC(=O)Nc3ccc(C(F)(F)F)cc3)C2)OCCO1. The minimum atomic E-state index is -4.41. The van der Waals surface area contributed by atoms with E-state index in [9.17, 15) is 22.8 Å². The summed E-state index contributed by atoms with van der Waals surface area (Å²) >= 11 is 0. The number of carbonyl (C=O) groups excluding carboxylic acids is 2. The van der Waals surface area contributed by atoms with Crippen LogP contribution >= 0.6 is 0 Å². The molecule has 0 radical (unpaired) electrons. The van der Waals surface area contributed by atoms with Crippen LogP contribution in [0.1, 0.15) is 38.2 Å². The second-order valence-corrected chi connectivity index (χ2v) is 7.50. The van der Waals surface area contributed by atoms with Gasteiger partial charge in [-0.05, 0) is 56.4 Å². The van der Waals surface area contributed by atoms with Crippen LogP contribution in [-0.2, 0) is 25.2 Å². The molecule has 6 nitrogen and oxygen atoms in total. The van der Waals surface area contributed by atoms with Gasteiger partial charge in [-0.1, -0.05) is 0 Å². The molecule has 2 aliphatic heterocycles. The quantitative estimate of drug-likeness (QED) is 0.775. The van der Waals surface area contributed by atoms with Gasteiger partial charge in [0.2, 0.25) is 11.7 Å². The smallest absolute Gasteiger partial charge is 0.416 e. The number of benzene rings is 1. The summed E-state index contributed by atoms with van der Waals surface area (Å²) in [5.74, 6) is 0.463. The molecule has 1 aromatic carbocycles. The van der Waals surface area contributed by atoms with E-state index in [1.807, 2.05) is 0 Å². The van der Waals surface area contributed by atoms with Crippen molar-refractivity contribution in [3.05, 3.63) is 41.3 Å². The van der Waals surface area contributed by atoms with Gasteiger partial charge in [0, 0.05) is 25.2 Å². The van der Waals surface area contributed by atoms with Gasteiger partial charge in [0.05, 0.1) is 5.56 Å². The van der Waals surface area contributed by atoms with Gasteiger partial charge in [0.15, 0.2) is 0 Å². The Balaban J connectivity index is 1.48. The number of amides is 2. The summed E-state index contributed by atoms with van der Waals surface area (Å²) in [6, 6.07) is 4.36. The van der Waals surface area contributed by atoms with Gasteiger partial charge in [0.25, 0.3) is 5.91 Å². The van der Waals surface area contributed by atoms with Crippen LogP contribution in [0, 0.1) is 5.92 Å². The zero-order valence-electron chi connectivity index (χ0n) is 16.8. The average Bonchev–Trinajstić information content (AvgIpc) is 2.72. The number of likely N-dealkylation sites (tertiary alicyclic amines) is 1. The Morgan fingerprint density at radius 3 is 2.53 bits per heavy atom. The Kier molecular flexibility index (Phi) is 6.89. The van der Waals surface area contributed by atoms with Gasteiger partial charge in [-0.3, -0.25) is 9.59 Å². The molecule has 0 aromatic heterocycles. The monoisotopic (exact) mass is 426 g/mol. The number of allylic oxidation sites excluding steroid dienone is 1. The maximum Gasteiger partial charge on any atom is 0.416 e. The maximum absolute atomic E-state index is 12.7. The van der Waals surface area contributed by atoms with Crippen molar-refractivity contribution in [2.24, 2.45) is 5.92 Å². The third-order valence-electron chi connectivity index (χ3n) is 5.24. The molecule has 2 aliphatic rings. The van der Waals surface area contributed by atoms with E-state index in [1.165, 1.54) is 12.1 Å². The first kappa shape index (κ1) is 22.0. The van der Waals surface area contributed by atoms with Crippen LogP contribution in [0.15, 0.2) is 35.8 Å². The third-order valence-corrected chi connectivity index (χ3v) is 5.24. The molecule has 1 aromatic rings. The van der Waals surface area contributed by atoms with Crippen LogP contribution < -0.4 is 5.32 Å². The highest BCUT2D eigenvalue weighted by Crippen LogP contribution is 2.30. The summed E-state index contributed by atoms with van der Waals surface area (Å²) in [6.07, 6.45) is -1.84. The van der Waals surface area contributed by atoms with E-state index in [4.69, 9.17) is 9.47 Å². The lowest BCUT2D eigenvalue weighted by Crippen LogP contribution is -2.42. The number of hydrogen-bond acceptors (Lipinski definition) is 4. The summed E-state index contributed by atoms with van der Waals surface area (Å²) in [6.45, 7) is 3.65. The molecule has 1 atom stereocenters. The normalized spacial score (nSPS) is 19.7. The molecular weight excluding hydrogens is 401 g/mol. The standard InChI is InChI=1S/C21H25F3N2O4/c1-14-19(30-12-11-29-14)20(28)26-10-2-3-15(13-26)4-9-18(27)25-17-7-5-16(6-8-17)21(22,23)24/h5-8,15H,2-4,9-13H2,1H3,(H,25,27). The Morgan fingerprint density at radius 2 is 1.87 bits per heavy atom. The lowest BCUT2D eigenvalue weighted by Gasteiger charge is -2.34. The Morgan fingerprint density at radius 1 is 1.17 bits per heavy atom. The number of alkyl halides is 3. The zero-order chi connectivity index (χ0) is 21.7. The molecule has 0 bridgehead atoms. The van der Waals surface area contributed by atoms with Gasteiger partial charge in [0.1, 0.15) is 19.0 Å². The molecular formula is C21H25F3N2O4. The highest BCUT2D eigenvalue weighted by atomic mass is 19.4. The van der Waals surface area contributed by atoms with Gasteiger partial charge < -0.3 is 19.7 Å². The number of anilines is 1. The number of hydrogen-bond donors (Lipinski definition) is 1. The molecule has 1 fully saturated rings. The molecule has 1 N–H and O–H groups in total. The van der Waals surface area contributed by atoms with Crippen LogP contribution in [0.4, 0.5) is 18.9 Å². The molecule has 0 saturated carbocycles. The van der Waals surface area contributed by atoms with Crippen LogP contribution in [0.5, 0.6) is 0 Å². The molecule has 0 spiro atoms. The van der Waals surface area contributed by atoms with Crippen molar-refractivity contribution in [2.45, 2.75) is 38.8 Å². The van der Waals surface area contributed by atoms with E-state index >= 15 is 0 Å². The van der Waals surface area contributed by atoms with Crippen LogP contribution in [-0.4, -0.2) is 43.0 Å². The fourth-order valence-electron chi connectivity index (χ4n) is 3.65. The predicted octanol–water partition coefficient (Wildman–Crippen LogP) is 3.94. The van der Waals surface area contributed by atoms with Gasteiger partial charge in [-0.2, -0.15) is 13.2 Å². The summed E-state index contributed by atoms with van der Waals surface area (Å²) in [7, 11) is 0. The number of nitrogens with zero attached hydrogens (tertiary/aromatic N) is 1. The van der Waals surface area contributed by atoms with Gasteiger partial charge in [-0.15, -0.1) is 0 Å². The zero-order valence-corrected chi connectivity index (χ0v) is 16.8. The molecule has 2 amide bonds. The van der Waals surface area contributed by atoms with Crippen molar-refractivity contribution in [1.29, 1.82) is 0 Å². The van der Waals surface area contributed by atoms with E-state index in [0.29, 0.717) is 44.2 Å².